The minimum absolute atomic E-state index is 0.223. The van der Waals surface area contributed by atoms with Crippen molar-refractivity contribution in [3.05, 3.63) is 29.6 Å². The van der Waals surface area contributed by atoms with E-state index in [1.807, 2.05) is 26.2 Å². The first-order valence-corrected chi connectivity index (χ1v) is 5.31. The van der Waals surface area contributed by atoms with Gasteiger partial charge in [-0.15, -0.1) is 11.8 Å². The van der Waals surface area contributed by atoms with Crippen molar-refractivity contribution in [1.29, 1.82) is 0 Å². The molecule has 1 rings (SSSR count). The van der Waals surface area contributed by atoms with Gasteiger partial charge in [0.05, 0.1) is 0 Å². The van der Waals surface area contributed by atoms with Crippen molar-refractivity contribution in [2.75, 3.05) is 6.26 Å². The van der Waals surface area contributed by atoms with Crippen molar-refractivity contribution < 1.29 is 4.39 Å². The van der Waals surface area contributed by atoms with Crippen LogP contribution in [0.3, 0.4) is 0 Å². The lowest BCUT2D eigenvalue weighted by atomic mass is 9.95. The maximum Gasteiger partial charge on any atom is 0.129 e. The maximum atomic E-state index is 13.4. The number of hydrogen-bond acceptors (Lipinski definition) is 2. The molecule has 0 saturated heterocycles. The summed E-state index contributed by atoms with van der Waals surface area (Å²) in [6.07, 6.45) is 1.92. The molecule has 0 fully saturated rings. The third-order valence-electron chi connectivity index (χ3n) is 1.84. The number of nitrogens with two attached hydrogens (primary N) is 1. The molecule has 0 saturated carbocycles. The van der Waals surface area contributed by atoms with Crippen molar-refractivity contribution in [3.8, 4) is 0 Å². The summed E-state index contributed by atoms with van der Waals surface area (Å²) < 4.78 is 13.4. The molecule has 0 aliphatic heterocycles. The molecular formula is C10H14FNS. The summed E-state index contributed by atoms with van der Waals surface area (Å²) in [4.78, 5) is 0.910. The molecule has 1 aromatic carbocycles. The molecule has 0 aliphatic carbocycles. The van der Waals surface area contributed by atoms with E-state index in [0.717, 1.165) is 4.90 Å². The average Bonchev–Trinajstić information content (AvgIpc) is 2.01. The molecule has 0 heterocycles. The molecule has 2 N–H and O–H groups in total. The van der Waals surface area contributed by atoms with E-state index >= 15 is 0 Å². The number of thioether (sulfide) groups is 1. The highest BCUT2D eigenvalue weighted by atomic mass is 32.2. The Balaban J connectivity index is 3.32. The first-order valence-electron chi connectivity index (χ1n) is 4.08. The first-order chi connectivity index (χ1) is 5.96. The minimum atomic E-state index is -0.621. The summed E-state index contributed by atoms with van der Waals surface area (Å²) in [6, 6.07) is 5.04. The van der Waals surface area contributed by atoms with Crippen LogP contribution in [0.25, 0.3) is 0 Å². The normalized spacial score (nSPS) is 11.8. The molecular weight excluding hydrogens is 185 g/mol. The van der Waals surface area contributed by atoms with E-state index in [4.69, 9.17) is 5.73 Å². The molecule has 0 unspecified atom stereocenters. The Bertz CT molecular complexity index is 304. The Morgan fingerprint density at radius 1 is 1.38 bits per heavy atom. The number of rotatable bonds is 2. The lowest BCUT2D eigenvalue weighted by Crippen LogP contribution is -2.30. The third-order valence-corrected chi connectivity index (χ3v) is 2.62. The first kappa shape index (κ1) is 10.5. The molecule has 0 radical (unpaired) electrons. The average molecular weight is 199 g/mol. The van der Waals surface area contributed by atoms with Gasteiger partial charge >= 0.3 is 0 Å². The van der Waals surface area contributed by atoms with Crippen LogP contribution in [0.15, 0.2) is 23.1 Å². The van der Waals surface area contributed by atoms with Gasteiger partial charge in [0, 0.05) is 16.0 Å². The number of halogens is 1. The Kier molecular flexibility index (Phi) is 2.98. The van der Waals surface area contributed by atoms with Crippen molar-refractivity contribution in [2.24, 2.45) is 5.73 Å². The van der Waals surface area contributed by atoms with E-state index in [1.165, 1.54) is 17.8 Å². The van der Waals surface area contributed by atoms with Crippen LogP contribution in [0, 0.1) is 5.82 Å². The zero-order valence-corrected chi connectivity index (χ0v) is 8.91. The van der Waals surface area contributed by atoms with Gasteiger partial charge in [-0.25, -0.2) is 4.39 Å². The van der Waals surface area contributed by atoms with Gasteiger partial charge in [0.15, 0.2) is 0 Å². The van der Waals surface area contributed by atoms with E-state index in [1.54, 1.807) is 6.07 Å². The lowest BCUT2D eigenvalue weighted by Gasteiger charge is -2.22. The van der Waals surface area contributed by atoms with Crippen LogP contribution in [0.5, 0.6) is 0 Å². The predicted octanol–water partition coefficient (Wildman–Crippen LogP) is 2.74. The summed E-state index contributed by atoms with van der Waals surface area (Å²) in [6.45, 7) is 3.62. The second-order valence-corrected chi connectivity index (χ2v) is 4.39. The highest BCUT2D eigenvalue weighted by Crippen LogP contribution is 2.30. The van der Waals surface area contributed by atoms with Crippen LogP contribution >= 0.6 is 11.8 Å². The van der Waals surface area contributed by atoms with Gasteiger partial charge in [0.1, 0.15) is 5.82 Å². The van der Waals surface area contributed by atoms with Crippen LogP contribution in [0.4, 0.5) is 4.39 Å². The molecule has 0 bridgehead atoms. The zero-order chi connectivity index (χ0) is 10.1. The number of benzene rings is 1. The van der Waals surface area contributed by atoms with Crippen LogP contribution in [-0.2, 0) is 5.54 Å². The van der Waals surface area contributed by atoms with Crippen molar-refractivity contribution in [2.45, 2.75) is 24.3 Å². The fourth-order valence-corrected chi connectivity index (χ4v) is 2.08. The van der Waals surface area contributed by atoms with E-state index in [-0.39, 0.29) is 5.82 Å². The predicted molar refractivity (Wildman–Crippen MR) is 55.4 cm³/mol. The Hall–Kier alpha value is -0.540. The van der Waals surface area contributed by atoms with Gasteiger partial charge in [-0.1, -0.05) is 6.07 Å². The molecule has 0 spiro atoms. The van der Waals surface area contributed by atoms with Gasteiger partial charge in [0.25, 0.3) is 0 Å². The van der Waals surface area contributed by atoms with Crippen LogP contribution in [0.2, 0.25) is 0 Å². The summed E-state index contributed by atoms with van der Waals surface area (Å²) in [5.41, 5.74) is 5.86. The molecule has 0 atom stereocenters. The molecule has 72 valence electrons. The second-order valence-electron chi connectivity index (χ2n) is 3.54. The second kappa shape index (κ2) is 3.68. The van der Waals surface area contributed by atoms with Crippen LogP contribution < -0.4 is 5.73 Å². The molecule has 1 nitrogen and oxygen atoms in total. The van der Waals surface area contributed by atoms with Crippen LogP contribution in [-0.4, -0.2) is 6.26 Å². The quantitative estimate of drug-likeness (QED) is 0.741. The van der Waals surface area contributed by atoms with E-state index < -0.39 is 5.54 Å². The third kappa shape index (κ3) is 2.23. The summed E-state index contributed by atoms with van der Waals surface area (Å²) in [5.74, 6) is -0.223. The molecule has 1 aromatic rings. The largest absolute Gasteiger partial charge is 0.322 e. The maximum absolute atomic E-state index is 13.4. The summed E-state index contributed by atoms with van der Waals surface area (Å²) in [7, 11) is 0. The van der Waals surface area contributed by atoms with E-state index in [9.17, 15) is 4.39 Å². The standard InChI is InChI=1S/C10H14FNS/c1-10(2,12)9-7(11)5-4-6-8(9)13-3/h4-6H,12H2,1-3H3. The van der Waals surface area contributed by atoms with Crippen molar-refractivity contribution in [3.63, 3.8) is 0 Å². The van der Waals surface area contributed by atoms with Gasteiger partial charge < -0.3 is 5.73 Å². The molecule has 0 aliphatic rings. The smallest absolute Gasteiger partial charge is 0.129 e. The van der Waals surface area contributed by atoms with Gasteiger partial charge in [0.2, 0.25) is 0 Å². The molecule has 0 amide bonds. The van der Waals surface area contributed by atoms with Crippen molar-refractivity contribution >= 4 is 11.8 Å². The molecule has 0 aromatic heterocycles. The van der Waals surface area contributed by atoms with E-state index in [0.29, 0.717) is 5.56 Å². The topological polar surface area (TPSA) is 26.0 Å². The minimum Gasteiger partial charge on any atom is -0.322 e. The highest BCUT2D eigenvalue weighted by molar-refractivity contribution is 7.98. The number of hydrogen-bond donors (Lipinski definition) is 1. The van der Waals surface area contributed by atoms with Gasteiger partial charge in [-0.2, -0.15) is 0 Å². The molecule has 13 heavy (non-hydrogen) atoms. The van der Waals surface area contributed by atoms with Crippen molar-refractivity contribution in [1.82, 2.24) is 0 Å². The fourth-order valence-electron chi connectivity index (χ4n) is 1.30. The summed E-state index contributed by atoms with van der Waals surface area (Å²) in [5, 5.41) is 0. The van der Waals surface area contributed by atoms with Gasteiger partial charge in [-0.3, -0.25) is 0 Å². The fraction of sp³-hybridized carbons (Fsp3) is 0.400. The monoisotopic (exact) mass is 199 g/mol. The Morgan fingerprint density at radius 3 is 2.38 bits per heavy atom. The lowest BCUT2D eigenvalue weighted by molar-refractivity contribution is 0.490. The molecule has 3 heteroatoms. The van der Waals surface area contributed by atoms with E-state index in [2.05, 4.69) is 0 Å². The Morgan fingerprint density at radius 2 is 2.00 bits per heavy atom. The Labute approximate surface area is 82.5 Å². The summed E-state index contributed by atoms with van der Waals surface area (Å²) >= 11 is 1.52. The highest BCUT2D eigenvalue weighted by Gasteiger charge is 2.21. The zero-order valence-electron chi connectivity index (χ0n) is 8.10. The van der Waals surface area contributed by atoms with Gasteiger partial charge in [-0.05, 0) is 32.2 Å². The SMILES string of the molecule is CSc1cccc(F)c1C(C)(C)N. The van der Waals surface area contributed by atoms with Crippen LogP contribution in [0.1, 0.15) is 19.4 Å².